The molecule has 0 radical (unpaired) electrons. The zero-order valence-electron chi connectivity index (χ0n) is 60.6. The third kappa shape index (κ3) is 72.3. The molecule has 0 aromatic rings. The van der Waals surface area contributed by atoms with E-state index < -0.39 is 91.5 Å². The highest BCUT2D eigenvalue weighted by atomic mass is 31.2. The number of aliphatic hydroxyl groups is 2. The van der Waals surface area contributed by atoms with Crippen molar-refractivity contribution in [3.63, 3.8) is 0 Å². The molecule has 0 amide bonds. The molecule has 556 valence electrons. The van der Waals surface area contributed by atoms with Crippen molar-refractivity contribution in [1.82, 2.24) is 0 Å². The molecular formula is C77H142O16P2. The fourth-order valence-corrected chi connectivity index (χ4v) is 12.5. The Hall–Kier alpha value is -2.75. The summed E-state index contributed by atoms with van der Waals surface area (Å²) in [5.74, 6) is -1.55. The summed E-state index contributed by atoms with van der Waals surface area (Å²) < 4.78 is 61.0. The first kappa shape index (κ1) is 92.2. The molecule has 0 aliphatic heterocycles. The summed E-state index contributed by atoms with van der Waals surface area (Å²) in [4.78, 5) is 58.4. The van der Waals surface area contributed by atoms with Crippen LogP contribution in [0.25, 0.3) is 0 Å². The summed E-state index contributed by atoms with van der Waals surface area (Å²) in [7, 11) is -9.76. The molecule has 4 N–H and O–H groups in total. The molecule has 0 aromatic carbocycles. The number of ether oxygens (including phenoxy) is 3. The van der Waals surface area contributed by atoms with Crippen LogP contribution in [0.4, 0.5) is 0 Å². The van der Waals surface area contributed by atoms with Gasteiger partial charge in [-0.1, -0.05) is 332 Å². The third-order valence-electron chi connectivity index (χ3n) is 16.8. The normalized spacial score (nSPS) is 14.4. The molecule has 5 unspecified atom stereocenters. The number of aliphatic hydroxyl groups excluding tert-OH is 2. The number of carbonyl (C=O) groups excluding carboxylic acids is 3. The number of rotatable bonds is 74. The maximum atomic E-state index is 12.9. The zero-order valence-corrected chi connectivity index (χ0v) is 62.4. The Kier molecular flexibility index (Phi) is 69.0. The fraction of sp³-hybridized carbons (Fsp3) is 0.831. The minimum Gasteiger partial charge on any atom is -0.463 e. The van der Waals surface area contributed by atoms with Gasteiger partial charge in [0.1, 0.15) is 25.4 Å². The smallest absolute Gasteiger partial charge is 0.463 e. The van der Waals surface area contributed by atoms with E-state index in [1.807, 2.05) is 0 Å². The Balaban J connectivity index is 4.30. The van der Waals surface area contributed by atoms with Crippen LogP contribution in [0.3, 0.4) is 0 Å². The van der Waals surface area contributed by atoms with Gasteiger partial charge < -0.3 is 34.2 Å². The van der Waals surface area contributed by atoms with Gasteiger partial charge in [0.15, 0.2) is 6.10 Å². The van der Waals surface area contributed by atoms with E-state index in [2.05, 4.69) is 81.5 Å². The molecular weight excluding hydrogens is 1240 g/mol. The number of carbonyl (C=O) groups is 3. The summed E-state index contributed by atoms with van der Waals surface area (Å²) in [6.45, 7) is 2.62. The number of hydrogen-bond acceptors (Lipinski definition) is 14. The van der Waals surface area contributed by atoms with Crippen LogP contribution in [0.2, 0.25) is 0 Å². The van der Waals surface area contributed by atoms with Gasteiger partial charge in [-0.15, -0.1) is 0 Å². The van der Waals surface area contributed by atoms with E-state index in [0.717, 1.165) is 96.3 Å². The predicted octanol–water partition coefficient (Wildman–Crippen LogP) is 22.1. The highest BCUT2D eigenvalue weighted by molar-refractivity contribution is 7.47. The second-order valence-corrected chi connectivity index (χ2v) is 29.1. The molecule has 0 rings (SSSR count). The van der Waals surface area contributed by atoms with Crippen molar-refractivity contribution in [2.75, 3.05) is 39.6 Å². The molecule has 0 bridgehead atoms. The van der Waals surface area contributed by atoms with Gasteiger partial charge >= 0.3 is 33.6 Å². The van der Waals surface area contributed by atoms with E-state index in [-0.39, 0.29) is 19.3 Å². The summed E-state index contributed by atoms with van der Waals surface area (Å²) in [5.41, 5.74) is 0. The number of allylic oxidation sites excluding steroid dienone is 10. The van der Waals surface area contributed by atoms with Crippen molar-refractivity contribution in [3.05, 3.63) is 60.8 Å². The van der Waals surface area contributed by atoms with Crippen LogP contribution >= 0.6 is 15.6 Å². The van der Waals surface area contributed by atoms with Gasteiger partial charge in [0.2, 0.25) is 0 Å². The van der Waals surface area contributed by atoms with Gasteiger partial charge in [0.25, 0.3) is 0 Å². The molecule has 0 aliphatic carbocycles. The van der Waals surface area contributed by atoms with Crippen LogP contribution in [0.1, 0.15) is 355 Å². The van der Waals surface area contributed by atoms with Gasteiger partial charge in [-0.25, -0.2) is 9.13 Å². The predicted molar refractivity (Wildman–Crippen MR) is 390 cm³/mol. The minimum atomic E-state index is -4.91. The van der Waals surface area contributed by atoms with E-state index in [1.54, 1.807) is 0 Å². The van der Waals surface area contributed by atoms with Crippen molar-refractivity contribution in [1.29, 1.82) is 0 Å². The molecule has 0 saturated heterocycles. The maximum absolute atomic E-state index is 12.9. The Morgan fingerprint density at radius 3 is 0.884 bits per heavy atom. The summed E-state index contributed by atoms with van der Waals surface area (Å²) in [6.07, 6.45) is 75.8. The Bertz CT molecular complexity index is 1980. The number of hydrogen-bond donors (Lipinski definition) is 4. The van der Waals surface area contributed by atoms with E-state index in [1.165, 1.54) is 199 Å². The van der Waals surface area contributed by atoms with Crippen LogP contribution in [0, 0.1) is 0 Å². The first-order valence-electron chi connectivity index (χ1n) is 38.6. The van der Waals surface area contributed by atoms with Crippen molar-refractivity contribution in [3.8, 4) is 0 Å². The van der Waals surface area contributed by atoms with Gasteiger partial charge in [-0.05, 0) is 64.2 Å². The molecule has 0 spiro atoms. The fourth-order valence-electron chi connectivity index (χ4n) is 10.9. The Morgan fingerprint density at radius 2 is 0.558 bits per heavy atom. The van der Waals surface area contributed by atoms with Gasteiger partial charge in [-0.2, -0.15) is 0 Å². The number of unbranched alkanes of at least 4 members (excludes halogenated alkanes) is 41. The molecule has 5 atom stereocenters. The highest BCUT2D eigenvalue weighted by Gasteiger charge is 2.29. The standard InChI is InChI=1S/C77H142O16P2/c1-4-7-10-13-16-19-22-25-26-27-28-29-30-31-32-33-34-35-36-37-38-39-40-41-42-43-44-47-49-51-54-57-60-63-75(80)87-66-72(78)67-89-94(83,84)90-68-73(79)69-91-95(85,86)92-71-74(93-77(82)65-62-59-56-53-50-46-24-21-18-15-12-9-6-3)70-88-76(81)64-61-58-55-52-48-45-23-20-17-14-11-8-5-2/h7,10,16,19,25-26,28-29,31-32,72-74,78-79H,4-6,8-9,11-15,17-18,20-24,27,30,33-71H2,1-3H3,(H,83,84)(H,85,86)/b10-7-,19-16-,26-25-,29-28-,32-31-. The second-order valence-electron chi connectivity index (χ2n) is 26.1. The maximum Gasteiger partial charge on any atom is 0.472 e. The number of phosphoric acid groups is 2. The first-order chi connectivity index (χ1) is 46.2. The summed E-state index contributed by atoms with van der Waals surface area (Å²) >= 11 is 0. The lowest BCUT2D eigenvalue weighted by Crippen LogP contribution is -2.30. The average molecular weight is 1390 g/mol. The zero-order chi connectivity index (χ0) is 69.5. The van der Waals surface area contributed by atoms with E-state index >= 15 is 0 Å². The second kappa shape index (κ2) is 71.1. The quantitative estimate of drug-likeness (QED) is 0.0146. The lowest BCUT2D eigenvalue weighted by Gasteiger charge is -2.21. The molecule has 18 heteroatoms. The topological polar surface area (TPSA) is 231 Å². The lowest BCUT2D eigenvalue weighted by atomic mass is 10.0. The van der Waals surface area contributed by atoms with Crippen LogP contribution < -0.4 is 0 Å². The monoisotopic (exact) mass is 1380 g/mol. The first-order valence-corrected chi connectivity index (χ1v) is 41.6. The average Bonchev–Trinajstić information content (AvgIpc) is 2.18. The van der Waals surface area contributed by atoms with E-state index in [9.17, 15) is 43.5 Å². The molecule has 0 fully saturated rings. The SMILES string of the molecule is CC/C=C\C/C=C\C/C=C\C/C=C\C/C=C\CCCCCCCCCCCCCCCCCCCC(=O)OCC(O)COP(=O)(O)OCC(O)COP(=O)(O)OCC(COC(=O)CCCCCCCCCCCCCCC)OC(=O)CCCCCCCCCCCCCCC. The molecule has 0 heterocycles. The van der Waals surface area contributed by atoms with Crippen molar-refractivity contribution in [2.24, 2.45) is 0 Å². The molecule has 0 saturated carbocycles. The van der Waals surface area contributed by atoms with Crippen LogP contribution in [-0.2, 0) is 55.8 Å². The summed E-state index contributed by atoms with van der Waals surface area (Å²) in [6, 6.07) is 0. The third-order valence-corrected chi connectivity index (χ3v) is 18.7. The van der Waals surface area contributed by atoms with Gasteiger partial charge in [0.05, 0.1) is 26.4 Å². The van der Waals surface area contributed by atoms with Crippen LogP contribution in [0.15, 0.2) is 60.8 Å². The molecule has 0 aromatic heterocycles. The van der Waals surface area contributed by atoms with Crippen LogP contribution in [-0.4, -0.2) is 95.9 Å². The largest absolute Gasteiger partial charge is 0.472 e. The van der Waals surface area contributed by atoms with Crippen molar-refractivity contribution in [2.45, 2.75) is 373 Å². The lowest BCUT2D eigenvalue weighted by molar-refractivity contribution is -0.161. The van der Waals surface area contributed by atoms with Gasteiger partial charge in [0, 0.05) is 19.3 Å². The molecule has 0 aliphatic rings. The van der Waals surface area contributed by atoms with Crippen molar-refractivity contribution >= 4 is 33.6 Å². The van der Waals surface area contributed by atoms with Gasteiger partial charge in [-0.3, -0.25) is 32.5 Å². The molecule has 95 heavy (non-hydrogen) atoms. The number of esters is 3. The van der Waals surface area contributed by atoms with E-state index in [4.69, 9.17) is 32.3 Å². The Morgan fingerprint density at radius 1 is 0.305 bits per heavy atom. The molecule has 16 nitrogen and oxygen atoms in total. The Labute approximate surface area is 580 Å². The van der Waals surface area contributed by atoms with Crippen molar-refractivity contribution < 1.29 is 75.8 Å². The van der Waals surface area contributed by atoms with E-state index in [0.29, 0.717) is 19.3 Å². The van der Waals surface area contributed by atoms with Crippen LogP contribution in [0.5, 0.6) is 0 Å². The number of phosphoric ester groups is 2. The highest BCUT2D eigenvalue weighted by Crippen LogP contribution is 2.45. The summed E-state index contributed by atoms with van der Waals surface area (Å²) in [5, 5.41) is 20.6. The minimum absolute atomic E-state index is 0.114.